The number of aromatic nitrogens is 3. The molecule has 5 heteroatoms. The van der Waals surface area contributed by atoms with Crippen molar-refractivity contribution in [3.8, 4) is 11.4 Å². The van der Waals surface area contributed by atoms with Crippen LogP contribution in [0.15, 0.2) is 24.3 Å². The average molecular weight is 217 g/mol. The van der Waals surface area contributed by atoms with E-state index in [1.807, 2.05) is 24.3 Å². The van der Waals surface area contributed by atoms with Crippen LogP contribution in [0.2, 0.25) is 0 Å². The smallest absolute Gasteiger partial charge is 0.214 e. The van der Waals surface area contributed by atoms with Crippen LogP contribution < -0.4 is 4.74 Å². The van der Waals surface area contributed by atoms with Gasteiger partial charge in [0, 0.05) is 0 Å². The lowest BCUT2D eigenvalue weighted by atomic mass is 10.3. The Bertz CT molecular complexity index is 502. The lowest BCUT2D eigenvalue weighted by Crippen LogP contribution is -1.99. The number of hydrogen-bond acceptors (Lipinski definition) is 4. The first-order chi connectivity index (χ1) is 7.74. The van der Waals surface area contributed by atoms with Crippen LogP contribution in [0.5, 0.6) is 5.75 Å². The molecule has 1 aromatic heterocycles. The molecule has 1 aromatic carbocycles. The van der Waals surface area contributed by atoms with E-state index in [9.17, 15) is 4.79 Å². The van der Waals surface area contributed by atoms with Gasteiger partial charge in [0.2, 0.25) is 5.82 Å². The third-order valence-corrected chi connectivity index (χ3v) is 2.21. The van der Waals surface area contributed by atoms with Crippen molar-refractivity contribution in [1.29, 1.82) is 0 Å². The highest BCUT2D eigenvalue weighted by Crippen LogP contribution is 2.15. The van der Waals surface area contributed by atoms with Gasteiger partial charge in [-0.3, -0.25) is 4.79 Å². The maximum atomic E-state index is 10.5. The normalized spacial score (nSPS) is 10.1. The maximum Gasteiger partial charge on any atom is 0.214 e. The molecule has 82 valence electrons. The Kier molecular flexibility index (Phi) is 2.68. The molecule has 0 amide bonds. The fourth-order valence-electron chi connectivity index (χ4n) is 1.43. The number of aldehydes is 1. The quantitative estimate of drug-likeness (QED) is 0.729. The first kappa shape index (κ1) is 10.4. The van der Waals surface area contributed by atoms with Crippen molar-refractivity contribution in [3.63, 3.8) is 0 Å². The molecule has 1 heterocycles. The Morgan fingerprint density at radius 1 is 1.31 bits per heavy atom. The number of benzene rings is 1. The van der Waals surface area contributed by atoms with E-state index in [-0.39, 0.29) is 5.82 Å². The minimum atomic E-state index is 0.188. The van der Waals surface area contributed by atoms with Crippen LogP contribution in [0.4, 0.5) is 0 Å². The zero-order valence-corrected chi connectivity index (χ0v) is 9.04. The molecule has 5 nitrogen and oxygen atoms in total. The maximum absolute atomic E-state index is 10.5. The van der Waals surface area contributed by atoms with Crippen LogP contribution in [0, 0.1) is 6.92 Å². The summed E-state index contributed by atoms with van der Waals surface area (Å²) in [6, 6.07) is 7.37. The second-order valence-electron chi connectivity index (χ2n) is 3.24. The van der Waals surface area contributed by atoms with Gasteiger partial charge in [-0.1, -0.05) is 0 Å². The van der Waals surface area contributed by atoms with Gasteiger partial charge in [0.15, 0.2) is 6.29 Å². The summed E-state index contributed by atoms with van der Waals surface area (Å²) >= 11 is 0. The molecule has 0 saturated carbocycles. The van der Waals surface area contributed by atoms with Crippen molar-refractivity contribution in [3.05, 3.63) is 35.9 Å². The molecule has 0 atom stereocenters. The first-order valence-electron chi connectivity index (χ1n) is 4.78. The minimum absolute atomic E-state index is 0.188. The molecule has 0 spiro atoms. The minimum Gasteiger partial charge on any atom is -0.497 e. The molecule has 0 N–H and O–H groups in total. The second-order valence-corrected chi connectivity index (χ2v) is 3.24. The zero-order chi connectivity index (χ0) is 11.5. The zero-order valence-electron chi connectivity index (χ0n) is 9.04. The number of methoxy groups -OCH3 is 1. The summed E-state index contributed by atoms with van der Waals surface area (Å²) in [6.45, 7) is 1.80. The topological polar surface area (TPSA) is 57.0 Å². The van der Waals surface area contributed by atoms with E-state index in [2.05, 4.69) is 10.1 Å². The van der Waals surface area contributed by atoms with Crippen LogP contribution in [0.3, 0.4) is 0 Å². The number of aryl methyl sites for hydroxylation is 1. The SMILES string of the molecule is COc1ccc(-n2nc(C=O)nc2C)cc1. The van der Waals surface area contributed by atoms with Crippen LogP contribution in [0.25, 0.3) is 5.69 Å². The average Bonchev–Trinajstić information content (AvgIpc) is 2.71. The Labute approximate surface area is 92.7 Å². The number of nitrogens with zero attached hydrogens (tertiary/aromatic N) is 3. The third-order valence-electron chi connectivity index (χ3n) is 2.21. The number of carbonyl (C=O) groups excluding carboxylic acids is 1. The fourth-order valence-corrected chi connectivity index (χ4v) is 1.43. The summed E-state index contributed by atoms with van der Waals surface area (Å²) in [4.78, 5) is 14.5. The van der Waals surface area contributed by atoms with E-state index >= 15 is 0 Å². The number of ether oxygens (including phenoxy) is 1. The van der Waals surface area contributed by atoms with Crippen LogP contribution in [-0.4, -0.2) is 28.2 Å². The lowest BCUT2D eigenvalue weighted by Gasteiger charge is -2.04. The van der Waals surface area contributed by atoms with Crippen molar-refractivity contribution in [2.75, 3.05) is 7.11 Å². The van der Waals surface area contributed by atoms with Crippen molar-refractivity contribution < 1.29 is 9.53 Å². The first-order valence-corrected chi connectivity index (χ1v) is 4.78. The Hall–Kier alpha value is -2.17. The number of carbonyl (C=O) groups is 1. The molecule has 0 bridgehead atoms. The summed E-state index contributed by atoms with van der Waals surface area (Å²) in [6.07, 6.45) is 0.632. The Balaban J connectivity index is 2.41. The summed E-state index contributed by atoms with van der Waals surface area (Å²) in [5.74, 6) is 1.64. The van der Waals surface area contributed by atoms with Crippen LogP contribution in [-0.2, 0) is 0 Å². The second kappa shape index (κ2) is 4.14. The highest BCUT2D eigenvalue weighted by molar-refractivity contribution is 5.68. The molecule has 0 aliphatic heterocycles. The molecule has 0 aliphatic carbocycles. The summed E-state index contributed by atoms with van der Waals surface area (Å²) in [5, 5.41) is 4.05. The van der Waals surface area contributed by atoms with E-state index in [4.69, 9.17) is 4.74 Å². The largest absolute Gasteiger partial charge is 0.497 e. The molecule has 0 fully saturated rings. The van der Waals surface area contributed by atoms with Gasteiger partial charge in [0.1, 0.15) is 11.6 Å². The van der Waals surface area contributed by atoms with Gasteiger partial charge in [-0.15, -0.1) is 5.10 Å². The molecule has 2 aromatic rings. The molecule has 2 rings (SSSR count). The Morgan fingerprint density at radius 2 is 2.00 bits per heavy atom. The molecule has 0 saturated heterocycles. The highest BCUT2D eigenvalue weighted by Gasteiger charge is 2.06. The van der Waals surface area contributed by atoms with Crippen LogP contribution >= 0.6 is 0 Å². The van der Waals surface area contributed by atoms with Crippen molar-refractivity contribution in [1.82, 2.24) is 14.8 Å². The van der Waals surface area contributed by atoms with Crippen molar-refractivity contribution in [2.45, 2.75) is 6.92 Å². The predicted molar refractivity (Wildman–Crippen MR) is 58.0 cm³/mol. The fraction of sp³-hybridized carbons (Fsp3) is 0.182. The summed E-state index contributed by atoms with van der Waals surface area (Å²) < 4.78 is 6.67. The number of hydrogen-bond donors (Lipinski definition) is 0. The number of rotatable bonds is 3. The summed E-state index contributed by atoms with van der Waals surface area (Å²) in [7, 11) is 1.61. The van der Waals surface area contributed by atoms with Gasteiger partial charge < -0.3 is 4.74 Å². The van der Waals surface area contributed by atoms with E-state index in [0.717, 1.165) is 11.4 Å². The Morgan fingerprint density at radius 3 is 2.50 bits per heavy atom. The van der Waals surface area contributed by atoms with Gasteiger partial charge in [-0.05, 0) is 31.2 Å². The molecular formula is C11H11N3O2. The lowest BCUT2D eigenvalue weighted by molar-refractivity contribution is 0.111. The van der Waals surface area contributed by atoms with E-state index in [1.54, 1.807) is 18.7 Å². The highest BCUT2D eigenvalue weighted by atomic mass is 16.5. The van der Waals surface area contributed by atoms with Gasteiger partial charge in [0.05, 0.1) is 12.8 Å². The standard InChI is InChI=1S/C11H11N3O2/c1-8-12-11(7-15)13-14(8)9-3-5-10(16-2)6-4-9/h3-7H,1-2H3. The third kappa shape index (κ3) is 1.79. The van der Waals surface area contributed by atoms with Crippen LogP contribution in [0.1, 0.15) is 16.4 Å². The molecule has 0 unspecified atom stereocenters. The van der Waals surface area contributed by atoms with Gasteiger partial charge >= 0.3 is 0 Å². The van der Waals surface area contributed by atoms with Crippen molar-refractivity contribution in [2.24, 2.45) is 0 Å². The van der Waals surface area contributed by atoms with E-state index < -0.39 is 0 Å². The predicted octanol–water partition coefficient (Wildman–Crippen LogP) is 1.40. The van der Waals surface area contributed by atoms with E-state index in [0.29, 0.717) is 12.1 Å². The molecule has 0 aliphatic rings. The molecule has 0 radical (unpaired) electrons. The molecule has 16 heavy (non-hydrogen) atoms. The summed E-state index contributed by atoms with van der Waals surface area (Å²) in [5.41, 5.74) is 0.846. The van der Waals surface area contributed by atoms with Gasteiger partial charge in [-0.2, -0.15) is 0 Å². The van der Waals surface area contributed by atoms with Crippen molar-refractivity contribution >= 4 is 6.29 Å². The van der Waals surface area contributed by atoms with Gasteiger partial charge in [-0.25, -0.2) is 9.67 Å². The van der Waals surface area contributed by atoms with E-state index in [1.165, 1.54) is 0 Å². The van der Waals surface area contributed by atoms with Gasteiger partial charge in [0.25, 0.3) is 0 Å². The molecular weight excluding hydrogens is 206 g/mol. The monoisotopic (exact) mass is 217 g/mol.